The van der Waals surface area contributed by atoms with Gasteiger partial charge in [-0.3, -0.25) is 4.79 Å². The molecule has 3 heterocycles. The number of aryl methyl sites for hydroxylation is 1. The average Bonchev–Trinajstić information content (AvgIpc) is 3.01. The molecule has 6 nitrogen and oxygen atoms in total. The molecule has 2 aromatic heterocycles. The smallest absolute Gasteiger partial charge is 0.219 e. The van der Waals surface area contributed by atoms with Crippen molar-refractivity contribution >= 4 is 5.91 Å². The lowest BCUT2D eigenvalue weighted by Gasteiger charge is -2.31. The summed E-state index contributed by atoms with van der Waals surface area (Å²) in [5.74, 6) is 1.89. The number of aromatic nitrogens is 4. The minimum Gasteiger partial charge on any atom is -0.343 e. The molecule has 21 heavy (non-hydrogen) atoms. The summed E-state index contributed by atoms with van der Waals surface area (Å²) in [6, 6.07) is 1.92. The van der Waals surface area contributed by atoms with E-state index in [4.69, 9.17) is 0 Å². The third-order valence-electron chi connectivity index (χ3n) is 3.84. The highest BCUT2D eigenvalue weighted by Gasteiger charge is 2.25. The lowest BCUT2D eigenvalue weighted by atomic mass is 9.97. The molecule has 0 radical (unpaired) electrons. The van der Waals surface area contributed by atoms with Crippen LogP contribution in [0.2, 0.25) is 0 Å². The van der Waals surface area contributed by atoms with Crippen LogP contribution >= 0.6 is 0 Å². The highest BCUT2D eigenvalue weighted by Crippen LogP contribution is 2.26. The van der Waals surface area contributed by atoms with Gasteiger partial charge in [0, 0.05) is 44.0 Å². The monoisotopic (exact) mass is 285 g/mol. The summed E-state index contributed by atoms with van der Waals surface area (Å²) < 4.78 is 0. The number of piperidine rings is 1. The van der Waals surface area contributed by atoms with Crippen LogP contribution in [0.15, 0.2) is 18.5 Å². The molecule has 6 heteroatoms. The standard InChI is InChI=1S/C15H19N5O/c1-10-8-13(15-16-5-6-17-15)19-14(18-10)12-4-3-7-20(9-12)11(2)21/h5-6,8,12H,3-4,7,9H2,1-2H3,(H,16,17). The van der Waals surface area contributed by atoms with Gasteiger partial charge in [-0.2, -0.15) is 0 Å². The Morgan fingerprint density at radius 2 is 2.29 bits per heavy atom. The molecule has 1 aliphatic rings. The van der Waals surface area contributed by atoms with Gasteiger partial charge in [0.15, 0.2) is 5.82 Å². The van der Waals surface area contributed by atoms with E-state index in [9.17, 15) is 4.79 Å². The van der Waals surface area contributed by atoms with Gasteiger partial charge in [-0.05, 0) is 25.8 Å². The van der Waals surface area contributed by atoms with Crippen molar-refractivity contribution in [3.63, 3.8) is 0 Å². The zero-order chi connectivity index (χ0) is 14.8. The zero-order valence-corrected chi connectivity index (χ0v) is 12.3. The van der Waals surface area contributed by atoms with Gasteiger partial charge in [0.25, 0.3) is 0 Å². The fourth-order valence-electron chi connectivity index (χ4n) is 2.77. The molecule has 3 rings (SSSR count). The van der Waals surface area contributed by atoms with Crippen LogP contribution in [0.1, 0.15) is 37.2 Å². The van der Waals surface area contributed by atoms with Crippen molar-refractivity contribution in [2.24, 2.45) is 0 Å². The number of carbonyl (C=O) groups is 1. The summed E-state index contributed by atoms with van der Waals surface area (Å²) in [4.78, 5) is 30.0. The van der Waals surface area contributed by atoms with Gasteiger partial charge in [0.05, 0.1) is 0 Å². The Labute approximate surface area is 123 Å². The van der Waals surface area contributed by atoms with Gasteiger partial charge in [-0.1, -0.05) is 0 Å². The molecular weight excluding hydrogens is 266 g/mol. The van der Waals surface area contributed by atoms with Crippen LogP contribution in [0.3, 0.4) is 0 Å². The van der Waals surface area contributed by atoms with E-state index in [0.717, 1.165) is 42.4 Å². The molecule has 0 bridgehead atoms. The third kappa shape index (κ3) is 2.94. The van der Waals surface area contributed by atoms with Gasteiger partial charge in [-0.15, -0.1) is 0 Å². The zero-order valence-electron chi connectivity index (χ0n) is 12.3. The molecule has 0 aromatic carbocycles. The van der Waals surface area contributed by atoms with Crippen LogP contribution in [0.4, 0.5) is 0 Å². The highest BCUT2D eigenvalue weighted by molar-refractivity contribution is 5.73. The Morgan fingerprint density at radius 3 is 3.00 bits per heavy atom. The van der Waals surface area contributed by atoms with E-state index < -0.39 is 0 Å². The van der Waals surface area contributed by atoms with E-state index in [1.807, 2.05) is 17.9 Å². The predicted molar refractivity (Wildman–Crippen MR) is 78.6 cm³/mol. The first-order valence-electron chi connectivity index (χ1n) is 7.24. The van der Waals surface area contributed by atoms with Crippen LogP contribution in [-0.4, -0.2) is 43.8 Å². The van der Waals surface area contributed by atoms with E-state index >= 15 is 0 Å². The summed E-state index contributed by atoms with van der Waals surface area (Å²) >= 11 is 0. The van der Waals surface area contributed by atoms with E-state index in [-0.39, 0.29) is 11.8 Å². The van der Waals surface area contributed by atoms with E-state index in [1.54, 1.807) is 19.3 Å². The highest BCUT2D eigenvalue weighted by atomic mass is 16.2. The molecular formula is C15H19N5O. The van der Waals surface area contributed by atoms with Gasteiger partial charge < -0.3 is 9.88 Å². The lowest BCUT2D eigenvalue weighted by Crippen LogP contribution is -2.38. The van der Waals surface area contributed by atoms with Crippen molar-refractivity contribution in [2.75, 3.05) is 13.1 Å². The summed E-state index contributed by atoms with van der Waals surface area (Å²) in [5.41, 5.74) is 1.73. The molecule has 1 N–H and O–H groups in total. The number of rotatable bonds is 2. The molecule has 0 saturated carbocycles. The second-order valence-electron chi connectivity index (χ2n) is 5.49. The Balaban J connectivity index is 1.90. The number of hydrogen-bond donors (Lipinski definition) is 1. The van der Waals surface area contributed by atoms with Crippen LogP contribution in [0, 0.1) is 6.92 Å². The number of carbonyl (C=O) groups excluding carboxylic acids is 1. The second kappa shape index (κ2) is 5.63. The van der Waals surface area contributed by atoms with E-state index in [1.165, 1.54) is 0 Å². The first kappa shape index (κ1) is 13.7. The quantitative estimate of drug-likeness (QED) is 0.914. The van der Waals surface area contributed by atoms with Gasteiger partial charge in [-0.25, -0.2) is 15.0 Å². The number of imidazole rings is 1. The van der Waals surface area contributed by atoms with Crippen LogP contribution in [-0.2, 0) is 4.79 Å². The van der Waals surface area contributed by atoms with Gasteiger partial charge in [0.2, 0.25) is 5.91 Å². The average molecular weight is 285 g/mol. The Bertz CT molecular complexity index is 638. The number of likely N-dealkylation sites (tertiary alicyclic amines) is 1. The summed E-state index contributed by atoms with van der Waals surface area (Å²) in [6.45, 7) is 5.12. The van der Waals surface area contributed by atoms with Crippen molar-refractivity contribution < 1.29 is 4.79 Å². The molecule has 110 valence electrons. The molecule has 1 amide bonds. The Kier molecular flexibility index (Phi) is 3.68. The van der Waals surface area contributed by atoms with Crippen molar-refractivity contribution in [1.29, 1.82) is 0 Å². The molecule has 1 atom stereocenters. The normalized spacial score (nSPS) is 18.8. The molecule has 1 fully saturated rings. The first-order valence-corrected chi connectivity index (χ1v) is 7.24. The summed E-state index contributed by atoms with van der Waals surface area (Å²) in [5, 5.41) is 0. The Hall–Kier alpha value is -2.24. The largest absolute Gasteiger partial charge is 0.343 e. The van der Waals surface area contributed by atoms with Gasteiger partial charge in [0.1, 0.15) is 11.5 Å². The topological polar surface area (TPSA) is 74.8 Å². The third-order valence-corrected chi connectivity index (χ3v) is 3.84. The van der Waals surface area contributed by atoms with E-state index in [2.05, 4.69) is 19.9 Å². The van der Waals surface area contributed by atoms with Gasteiger partial charge >= 0.3 is 0 Å². The minimum absolute atomic E-state index is 0.124. The second-order valence-corrected chi connectivity index (χ2v) is 5.49. The van der Waals surface area contributed by atoms with Crippen LogP contribution in [0.25, 0.3) is 11.5 Å². The Morgan fingerprint density at radius 1 is 1.43 bits per heavy atom. The van der Waals surface area contributed by atoms with Crippen molar-refractivity contribution in [3.8, 4) is 11.5 Å². The fourth-order valence-corrected chi connectivity index (χ4v) is 2.77. The van der Waals surface area contributed by atoms with E-state index in [0.29, 0.717) is 6.54 Å². The molecule has 1 aliphatic heterocycles. The van der Waals surface area contributed by atoms with Crippen molar-refractivity contribution in [2.45, 2.75) is 32.6 Å². The maximum atomic E-state index is 11.6. The number of hydrogen-bond acceptors (Lipinski definition) is 4. The number of aromatic amines is 1. The van der Waals surface area contributed by atoms with Crippen LogP contribution < -0.4 is 0 Å². The fraction of sp³-hybridized carbons (Fsp3) is 0.467. The number of nitrogens with one attached hydrogen (secondary N) is 1. The molecule has 0 aliphatic carbocycles. The number of amides is 1. The predicted octanol–water partition coefficient (Wildman–Crippen LogP) is 1.90. The first-order chi connectivity index (χ1) is 10.1. The summed E-state index contributed by atoms with van der Waals surface area (Å²) in [7, 11) is 0. The SMILES string of the molecule is CC(=O)N1CCCC(c2nc(C)cc(-c3ncc[nH]3)n2)C1. The maximum absolute atomic E-state index is 11.6. The maximum Gasteiger partial charge on any atom is 0.219 e. The number of nitrogens with zero attached hydrogens (tertiary/aromatic N) is 4. The summed E-state index contributed by atoms with van der Waals surface area (Å²) in [6.07, 6.45) is 5.51. The van der Waals surface area contributed by atoms with Crippen molar-refractivity contribution in [3.05, 3.63) is 30.0 Å². The lowest BCUT2D eigenvalue weighted by molar-refractivity contribution is -0.130. The molecule has 1 saturated heterocycles. The van der Waals surface area contributed by atoms with Crippen molar-refractivity contribution in [1.82, 2.24) is 24.8 Å². The minimum atomic E-state index is 0.124. The molecule has 0 spiro atoms. The van der Waals surface area contributed by atoms with Crippen LogP contribution in [0.5, 0.6) is 0 Å². The number of H-pyrrole nitrogens is 1. The molecule has 2 aromatic rings. The molecule has 1 unspecified atom stereocenters.